The zero-order valence-electron chi connectivity index (χ0n) is 13.7. The Balaban J connectivity index is 2.39. The first kappa shape index (κ1) is 15.8. The lowest BCUT2D eigenvalue weighted by Gasteiger charge is -2.11. The predicted molar refractivity (Wildman–Crippen MR) is 87.6 cm³/mol. The van der Waals surface area contributed by atoms with Gasteiger partial charge in [-0.2, -0.15) is 0 Å². The van der Waals surface area contributed by atoms with Crippen LogP contribution in [0.25, 0.3) is 21.8 Å². The number of pyridine rings is 1. The van der Waals surface area contributed by atoms with Crippen LogP contribution in [0.1, 0.15) is 26.5 Å². The van der Waals surface area contributed by atoms with Gasteiger partial charge in [-0.1, -0.05) is 0 Å². The van der Waals surface area contributed by atoms with Crippen molar-refractivity contribution in [2.75, 3.05) is 21.3 Å². The number of esters is 2. The number of rotatable bonds is 3. The predicted octanol–water partition coefficient (Wildman–Crippen LogP) is 2.61. The van der Waals surface area contributed by atoms with Crippen LogP contribution in [0.4, 0.5) is 0 Å². The number of fused-ring (bicyclic) bond motifs is 3. The van der Waals surface area contributed by atoms with E-state index in [2.05, 4.69) is 9.97 Å². The van der Waals surface area contributed by atoms with Crippen LogP contribution in [-0.2, 0) is 9.47 Å². The zero-order chi connectivity index (χ0) is 17.4. The summed E-state index contributed by atoms with van der Waals surface area (Å²) >= 11 is 0. The maximum atomic E-state index is 11.8. The molecule has 124 valence electrons. The minimum atomic E-state index is -0.508. The maximum Gasteiger partial charge on any atom is 0.356 e. The Morgan fingerprint density at radius 1 is 1.04 bits per heavy atom. The number of nitrogens with zero attached hydrogens (tertiary/aromatic N) is 1. The molecule has 1 N–H and O–H groups in total. The Morgan fingerprint density at radius 3 is 2.38 bits per heavy atom. The third kappa shape index (κ3) is 2.34. The van der Waals surface area contributed by atoms with E-state index in [0.29, 0.717) is 22.5 Å². The molecule has 0 fully saturated rings. The fourth-order valence-electron chi connectivity index (χ4n) is 2.76. The Kier molecular flexibility index (Phi) is 3.84. The highest BCUT2D eigenvalue weighted by Crippen LogP contribution is 2.34. The number of nitrogens with one attached hydrogen (secondary N) is 1. The largest absolute Gasteiger partial charge is 0.495 e. The van der Waals surface area contributed by atoms with Gasteiger partial charge in [0.25, 0.3) is 0 Å². The number of carbonyl (C=O) groups is 2. The second-order valence-electron chi connectivity index (χ2n) is 5.26. The van der Waals surface area contributed by atoms with Gasteiger partial charge in [-0.3, -0.25) is 0 Å². The summed E-state index contributed by atoms with van der Waals surface area (Å²) in [4.78, 5) is 31.0. The number of methoxy groups -OCH3 is 3. The van der Waals surface area contributed by atoms with Crippen LogP contribution in [-0.4, -0.2) is 43.2 Å². The SMILES string of the molecule is COC(=O)c1cc2cc(OC)c3[nH]c(C(=O)OC)cc(C)c3c2n1. The fraction of sp³-hybridized carbons (Fsp3) is 0.235. The number of carbonyl (C=O) groups excluding carboxylic acids is 2. The Labute approximate surface area is 137 Å². The average Bonchev–Trinajstić information content (AvgIpc) is 3.02. The van der Waals surface area contributed by atoms with Crippen LogP contribution in [0, 0.1) is 6.92 Å². The van der Waals surface area contributed by atoms with Crippen molar-refractivity contribution in [1.29, 1.82) is 0 Å². The minimum Gasteiger partial charge on any atom is -0.495 e. The van der Waals surface area contributed by atoms with Crippen LogP contribution in [0.15, 0.2) is 18.2 Å². The van der Waals surface area contributed by atoms with E-state index in [1.165, 1.54) is 21.3 Å². The van der Waals surface area contributed by atoms with E-state index in [9.17, 15) is 9.59 Å². The second-order valence-corrected chi connectivity index (χ2v) is 5.26. The van der Waals surface area contributed by atoms with Crippen LogP contribution < -0.4 is 4.74 Å². The third-order valence-corrected chi connectivity index (χ3v) is 3.85. The molecule has 7 nitrogen and oxygen atoms in total. The highest BCUT2D eigenvalue weighted by Gasteiger charge is 2.19. The van der Waals surface area contributed by atoms with Crippen LogP contribution >= 0.6 is 0 Å². The molecule has 0 radical (unpaired) electrons. The van der Waals surface area contributed by atoms with Gasteiger partial charge in [0.2, 0.25) is 0 Å². The summed E-state index contributed by atoms with van der Waals surface area (Å²) in [5.41, 5.74) is 2.58. The van der Waals surface area contributed by atoms with Crippen LogP contribution in [0.2, 0.25) is 0 Å². The molecular formula is C17H16N2O5. The van der Waals surface area contributed by atoms with E-state index >= 15 is 0 Å². The molecule has 0 aliphatic heterocycles. The van der Waals surface area contributed by atoms with Crippen molar-refractivity contribution in [3.8, 4) is 5.75 Å². The molecule has 0 amide bonds. The van der Waals surface area contributed by atoms with Gasteiger partial charge in [0.1, 0.15) is 17.1 Å². The lowest BCUT2D eigenvalue weighted by atomic mass is 10.0. The third-order valence-electron chi connectivity index (χ3n) is 3.85. The normalized spacial score (nSPS) is 10.8. The van der Waals surface area contributed by atoms with E-state index in [4.69, 9.17) is 14.2 Å². The van der Waals surface area contributed by atoms with Gasteiger partial charge in [0.05, 0.1) is 32.4 Å². The molecule has 3 rings (SSSR count). The molecule has 0 bridgehead atoms. The number of aryl methyl sites for hydroxylation is 1. The maximum absolute atomic E-state index is 11.8. The van der Waals surface area contributed by atoms with Gasteiger partial charge in [-0.05, 0) is 30.7 Å². The van der Waals surface area contributed by atoms with Gasteiger partial charge in [-0.25, -0.2) is 14.6 Å². The lowest BCUT2D eigenvalue weighted by Crippen LogP contribution is -2.06. The molecule has 0 saturated carbocycles. The number of hydrogen-bond donors (Lipinski definition) is 1. The molecule has 0 atom stereocenters. The molecule has 0 saturated heterocycles. The summed E-state index contributed by atoms with van der Waals surface area (Å²) in [5.74, 6) is -0.450. The molecule has 24 heavy (non-hydrogen) atoms. The summed E-state index contributed by atoms with van der Waals surface area (Å²) in [6.07, 6.45) is 0. The molecule has 0 aliphatic rings. The second kappa shape index (κ2) is 5.84. The molecule has 1 aromatic carbocycles. The lowest BCUT2D eigenvalue weighted by molar-refractivity contribution is 0.0586. The average molecular weight is 328 g/mol. The van der Waals surface area contributed by atoms with Crippen molar-refractivity contribution < 1.29 is 23.8 Å². The van der Waals surface area contributed by atoms with Crippen molar-refractivity contribution in [2.45, 2.75) is 6.92 Å². The van der Waals surface area contributed by atoms with Gasteiger partial charge in [0.15, 0.2) is 0 Å². The molecule has 2 heterocycles. The molecule has 0 aliphatic carbocycles. The van der Waals surface area contributed by atoms with Crippen LogP contribution in [0.3, 0.4) is 0 Å². The van der Waals surface area contributed by atoms with Crippen molar-refractivity contribution in [3.05, 3.63) is 35.2 Å². The number of ether oxygens (including phenoxy) is 3. The molecule has 7 heteroatoms. The van der Waals surface area contributed by atoms with Gasteiger partial charge >= 0.3 is 11.9 Å². The summed E-state index contributed by atoms with van der Waals surface area (Å²) < 4.78 is 14.9. The first-order valence-electron chi connectivity index (χ1n) is 7.17. The Hall–Kier alpha value is -3.09. The molecule has 0 unspecified atom stereocenters. The Morgan fingerprint density at radius 2 is 1.75 bits per heavy atom. The smallest absolute Gasteiger partial charge is 0.356 e. The highest BCUT2D eigenvalue weighted by molar-refractivity contribution is 6.11. The number of H-pyrrole nitrogens is 1. The summed E-state index contributed by atoms with van der Waals surface area (Å²) in [5, 5.41) is 1.52. The fourth-order valence-corrected chi connectivity index (χ4v) is 2.76. The van der Waals surface area contributed by atoms with E-state index in [1.54, 1.807) is 18.2 Å². The first-order chi connectivity index (χ1) is 11.5. The quantitative estimate of drug-likeness (QED) is 0.743. The summed E-state index contributed by atoms with van der Waals surface area (Å²) in [6.45, 7) is 1.86. The highest BCUT2D eigenvalue weighted by atomic mass is 16.5. The van der Waals surface area contributed by atoms with Gasteiger partial charge in [0, 0.05) is 10.8 Å². The number of hydrogen-bond acceptors (Lipinski definition) is 6. The van der Waals surface area contributed by atoms with E-state index < -0.39 is 11.9 Å². The van der Waals surface area contributed by atoms with Crippen molar-refractivity contribution >= 4 is 33.7 Å². The van der Waals surface area contributed by atoms with Gasteiger partial charge < -0.3 is 19.2 Å². The van der Waals surface area contributed by atoms with Crippen molar-refractivity contribution in [1.82, 2.24) is 9.97 Å². The van der Waals surface area contributed by atoms with E-state index in [1.807, 2.05) is 6.92 Å². The zero-order valence-corrected chi connectivity index (χ0v) is 13.7. The molecule has 2 aromatic heterocycles. The Bertz CT molecular complexity index is 974. The monoisotopic (exact) mass is 328 g/mol. The standard InChI is InChI=1S/C17H16N2O5/c1-8-5-10(16(20)23-3)19-15-12(22-2)7-9-6-11(17(21)24-4)18-14(9)13(8)15/h5-7,19H,1-4H3. The minimum absolute atomic E-state index is 0.221. The van der Waals surface area contributed by atoms with E-state index in [-0.39, 0.29) is 5.69 Å². The van der Waals surface area contributed by atoms with Gasteiger partial charge in [-0.15, -0.1) is 0 Å². The molecule has 3 aromatic rings. The topological polar surface area (TPSA) is 90.5 Å². The molecular weight excluding hydrogens is 312 g/mol. The number of aromatic amines is 1. The summed E-state index contributed by atoms with van der Waals surface area (Å²) in [7, 11) is 4.16. The first-order valence-corrected chi connectivity index (χ1v) is 7.17. The van der Waals surface area contributed by atoms with Crippen molar-refractivity contribution in [3.63, 3.8) is 0 Å². The van der Waals surface area contributed by atoms with Crippen LogP contribution in [0.5, 0.6) is 5.75 Å². The number of benzene rings is 1. The van der Waals surface area contributed by atoms with E-state index in [0.717, 1.165) is 16.3 Å². The summed E-state index contributed by atoms with van der Waals surface area (Å²) in [6, 6.07) is 5.09. The van der Waals surface area contributed by atoms with Crippen molar-refractivity contribution in [2.24, 2.45) is 0 Å². The number of aromatic nitrogens is 2. The molecule has 0 spiro atoms.